The van der Waals surface area contributed by atoms with Crippen LogP contribution in [0.1, 0.15) is 42.1 Å². The van der Waals surface area contributed by atoms with Crippen molar-refractivity contribution >= 4 is 0 Å². The lowest BCUT2D eigenvalue weighted by atomic mass is 10.0. The van der Waals surface area contributed by atoms with Gasteiger partial charge in [-0.1, -0.05) is 18.2 Å². The van der Waals surface area contributed by atoms with E-state index in [9.17, 15) is 5.11 Å². The van der Waals surface area contributed by atoms with E-state index in [2.05, 4.69) is 31.3 Å². The number of aliphatic hydroxyl groups excluding tert-OH is 1. The highest BCUT2D eigenvalue weighted by atomic mass is 16.5. The van der Waals surface area contributed by atoms with Gasteiger partial charge in [-0.25, -0.2) is 0 Å². The lowest BCUT2D eigenvalue weighted by Crippen LogP contribution is -2.27. The van der Waals surface area contributed by atoms with Crippen LogP contribution in [0.5, 0.6) is 0 Å². The third kappa shape index (κ3) is 4.30. The highest BCUT2D eigenvalue weighted by Crippen LogP contribution is 2.19. The smallest absolute Gasteiger partial charge is 0.0802 e. The van der Waals surface area contributed by atoms with E-state index in [1.54, 1.807) is 0 Å². The average molecular weight is 263 g/mol. The summed E-state index contributed by atoms with van der Waals surface area (Å²) in [7, 11) is 0. The summed E-state index contributed by atoms with van der Waals surface area (Å²) in [5.74, 6) is 0. The van der Waals surface area contributed by atoms with Gasteiger partial charge < -0.3 is 15.2 Å². The molecule has 1 aromatic rings. The summed E-state index contributed by atoms with van der Waals surface area (Å²) in [6.07, 6.45) is 3.08. The molecule has 2 rings (SSSR count). The summed E-state index contributed by atoms with van der Waals surface area (Å²) in [6.45, 7) is 6.81. The van der Waals surface area contributed by atoms with Crippen molar-refractivity contribution in [1.82, 2.24) is 5.32 Å². The number of hydrogen-bond donors (Lipinski definition) is 2. The summed E-state index contributed by atoms with van der Waals surface area (Å²) in [5, 5.41) is 13.5. The molecule has 2 N–H and O–H groups in total. The average Bonchev–Trinajstić information content (AvgIpc) is 2.91. The highest BCUT2D eigenvalue weighted by Gasteiger charge is 2.15. The van der Waals surface area contributed by atoms with Crippen molar-refractivity contribution < 1.29 is 9.84 Å². The largest absolute Gasteiger partial charge is 0.388 e. The van der Waals surface area contributed by atoms with Gasteiger partial charge in [0.1, 0.15) is 0 Å². The molecule has 106 valence electrons. The van der Waals surface area contributed by atoms with E-state index in [0.717, 1.165) is 38.1 Å². The minimum Gasteiger partial charge on any atom is -0.388 e. The summed E-state index contributed by atoms with van der Waals surface area (Å²) in [6, 6.07) is 6.18. The molecule has 2 atom stereocenters. The van der Waals surface area contributed by atoms with E-state index in [-0.39, 0.29) is 6.10 Å². The Balaban J connectivity index is 1.71. The van der Waals surface area contributed by atoms with Crippen LogP contribution < -0.4 is 5.32 Å². The third-order valence-electron chi connectivity index (χ3n) is 3.91. The van der Waals surface area contributed by atoms with Crippen LogP contribution in [0, 0.1) is 13.8 Å². The maximum absolute atomic E-state index is 10.2. The zero-order chi connectivity index (χ0) is 13.7. The minimum absolute atomic E-state index is 0.374. The fourth-order valence-electron chi connectivity index (χ4n) is 2.45. The fraction of sp³-hybridized carbons (Fsp3) is 0.625. The zero-order valence-electron chi connectivity index (χ0n) is 12.0. The second-order valence-electron chi connectivity index (χ2n) is 5.49. The Bertz CT molecular complexity index is 400. The molecule has 1 aromatic carbocycles. The molecule has 2 unspecified atom stereocenters. The predicted octanol–water partition coefficient (Wildman–Crippen LogP) is 2.50. The van der Waals surface area contributed by atoms with Gasteiger partial charge in [0.25, 0.3) is 0 Å². The van der Waals surface area contributed by atoms with Crippen LogP contribution in [0.4, 0.5) is 0 Å². The Morgan fingerprint density at radius 2 is 2.21 bits per heavy atom. The second kappa shape index (κ2) is 7.04. The Morgan fingerprint density at radius 3 is 2.89 bits per heavy atom. The number of benzene rings is 1. The molecule has 0 amide bonds. The summed E-state index contributed by atoms with van der Waals surface area (Å²) < 4.78 is 5.55. The normalized spacial score (nSPS) is 20.7. The fourth-order valence-corrected chi connectivity index (χ4v) is 2.45. The molecule has 0 bridgehead atoms. The van der Waals surface area contributed by atoms with E-state index in [1.807, 2.05) is 6.07 Å². The van der Waals surface area contributed by atoms with E-state index in [0.29, 0.717) is 6.10 Å². The molecule has 0 saturated carbocycles. The first-order chi connectivity index (χ1) is 9.16. The molecule has 19 heavy (non-hydrogen) atoms. The van der Waals surface area contributed by atoms with Crippen LogP contribution >= 0.6 is 0 Å². The first-order valence-electron chi connectivity index (χ1n) is 7.24. The summed E-state index contributed by atoms with van der Waals surface area (Å²) >= 11 is 0. The molecular weight excluding hydrogens is 238 g/mol. The van der Waals surface area contributed by atoms with E-state index < -0.39 is 0 Å². The Morgan fingerprint density at radius 1 is 1.37 bits per heavy atom. The number of ether oxygens (including phenoxy) is 1. The monoisotopic (exact) mass is 263 g/mol. The number of rotatable bonds is 6. The molecule has 1 aliphatic heterocycles. The lowest BCUT2D eigenvalue weighted by molar-refractivity contribution is 0.107. The van der Waals surface area contributed by atoms with E-state index in [4.69, 9.17) is 4.74 Å². The van der Waals surface area contributed by atoms with Gasteiger partial charge >= 0.3 is 0 Å². The maximum Gasteiger partial charge on any atom is 0.0802 e. The molecule has 1 aliphatic rings. The van der Waals surface area contributed by atoms with Gasteiger partial charge in [-0.3, -0.25) is 0 Å². The van der Waals surface area contributed by atoms with Gasteiger partial charge in [-0.2, -0.15) is 0 Å². The molecule has 1 heterocycles. The molecule has 0 radical (unpaired) electrons. The van der Waals surface area contributed by atoms with Gasteiger partial charge in [0, 0.05) is 13.2 Å². The Labute approximate surface area is 116 Å². The van der Waals surface area contributed by atoms with Crippen molar-refractivity contribution in [3.05, 3.63) is 34.9 Å². The van der Waals surface area contributed by atoms with Crippen molar-refractivity contribution in [2.45, 2.75) is 45.3 Å². The second-order valence-corrected chi connectivity index (χ2v) is 5.49. The molecule has 0 spiro atoms. The lowest BCUT2D eigenvalue weighted by Gasteiger charge is -2.15. The van der Waals surface area contributed by atoms with Gasteiger partial charge in [0.05, 0.1) is 12.2 Å². The van der Waals surface area contributed by atoms with Crippen molar-refractivity contribution in [3.63, 3.8) is 0 Å². The van der Waals surface area contributed by atoms with Crippen LogP contribution in [-0.2, 0) is 4.74 Å². The predicted molar refractivity (Wildman–Crippen MR) is 77.3 cm³/mol. The van der Waals surface area contributed by atoms with Gasteiger partial charge in [-0.15, -0.1) is 0 Å². The molecule has 3 heteroatoms. The van der Waals surface area contributed by atoms with Crippen LogP contribution in [0.25, 0.3) is 0 Å². The first-order valence-corrected chi connectivity index (χ1v) is 7.24. The minimum atomic E-state index is -0.378. The summed E-state index contributed by atoms with van der Waals surface area (Å²) in [4.78, 5) is 0. The van der Waals surface area contributed by atoms with Gasteiger partial charge in [-0.05, 0) is 56.3 Å². The van der Waals surface area contributed by atoms with Crippen LogP contribution in [0.3, 0.4) is 0 Å². The summed E-state index contributed by atoms with van der Waals surface area (Å²) in [5.41, 5.74) is 3.53. The molecule has 3 nitrogen and oxygen atoms in total. The number of aliphatic hydroxyl groups is 1. The number of nitrogens with one attached hydrogen (secondary N) is 1. The molecule has 1 fully saturated rings. The van der Waals surface area contributed by atoms with Crippen LogP contribution in [0.15, 0.2) is 18.2 Å². The van der Waals surface area contributed by atoms with Crippen molar-refractivity contribution in [1.29, 1.82) is 0 Å². The molecule has 0 aliphatic carbocycles. The topological polar surface area (TPSA) is 41.5 Å². The molecule has 0 aromatic heterocycles. The third-order valence-corrected chi connectivity index (χ3v) is 3.91. The highest BCUT2D eigenvalue weighted by molar-refractivity contribution is 5.31. The number of hydrogen-bond acceptors (Lipinski definition) is 3. The van der Waals surface area contributed by atoms with Gasteiger partial charge in [0.15, 0.2) is 0 Å². The first kappa shape index (κ1) is 14.5. The van der Waals surface area contributed by atoms with Crippen molar-refractivity contribution in [3.8, 4) is 0 Å². The Hall–Kier alpha value is -0.900. The SMILES string of the molecule is Cc1ccc(C(O)CCNCC2CCCO2)cc1C. The Kier molecular flexibility index (Phi) is 5.37. The van der Waals surface area contributed by atoms with E-state index in [1.165, 1.54) is 17.5 Å². The van der Waals surface area contributed by atoms with Crippen molar-refractivity contribution in [2.24, 2.45) is 0 Å². The zero-order valence-corrected chi connectivity index (χ0v) is 12.0. The molecule has 1 saturated heterocycles. The standard InChI is InChI=1S/C16H25NO2/c1-12-5-6-14(10-13(12)2)16(18)7-8-17-11-15-4-3-9-19-15/h5-6,10,15-18H,3-4,7-9,11H2,1-2H3. The van der Waals surface area contributed by atoms with Crippen molar-refractivity contribution in [2.75, 3.05) is 19.7 Å². The molecular formula is C16H25NO2. The quantitative estimate of drug-likeness (QED) is 0.775. The number of aryl methyl sites for hydroxylation is 2. The van der Waals surface area contributed by atoms with Crippen LogP contribution in [-0.4, -0.2) is 30.9 Å². The van der Waals surface area contributed by atoms with Gasteiger partial charge in [0.2, 0.25) is 0 Å². The maximum atomic E-state index is 10.2. The van der Waals surface area contributed by atoms with E-state index >= 15 is 0 Å². The van der Waals surface area contributed by atoms with Crippen LogP contribution in [0.2, 0.25) is 0 Å².